The average molecular weight is 445 g/mol. The molecule has 0 aliphatic heterocycles. The molecule has 2 aliphatic carbocycles. The quantitative estimate of drug-likeness (QED) is 0.222. The van der Waals surface area contributed by atoms with Gasteiger partial charge >= 0.3 is 7.60 Å². The van der Waals surface area contributed by atoms with Crippen LogP contribution in [-0.4, -0.2) is 17.2 Å². The van der Waals surface area contributed by atoms with Crippen molar-refractivity contribution in [3.63, 3.8) is 0 Å². The monoisotopic (exact) mass is 444 g/mol. The van der Waals surface area contributed by atoms with Gasteiger partial charge in [0, 0.05) is 0 Å². The van der Waals surface area contributed by atoms with Crippen molar-refractivity contribution >= 4 is 20.2 Å². The predicted octanol–water partition coefficient (Wildman–Crippen LogP) is 7.97. The molecule has 0 aromatic heterocycles. The molecule has 1 unspecified atom stereocenters. The van der Waals surface area contributed by atoms with Gasteiger partial charge in [-0.25, -0.2) is 0 Å². The molecule has 0 aromatic carbocycles. The Balaban J connectivity index is 2.27. The second-order valence-corrected chi connectivity index (χ2v) is 13.6. The van der Waals surface area contributed by atoms with E-state index in [2.05, 4.69) is 48.1 Å². The van der Waals surface area contributed by atoms with E-state index in [0.29, 0.717) is 41.9 Å². The van der Waals surface area contributed by atoms with E-state index in [-0.39, 0.29) is 12.2 Å². The van der Waals surface area contributed by atoms with E-state index < -0.39 is 12.6 Å². The lowest BCUT2D eigenvalue weighted by Crippen LogP contribution is -2.37. The van der Waals surface area contributed by atoms with Gasteiger partial charge in [-0.05, 0) is 67.6 Å². The molecule has 0 heterocycles. The zero-order valence-electron chi connectivity index (χ0n) is 19.5. The first kappa shape index (κ1) is 25.5. The Morgan fingerprint density at radius 1 is 0.931 bits per heavy atom. The van der Waals surface area contributed by atoms with Crippen molar-refractivity contribution in [2.45, 2.75) is 104 Å². The summed E-state index contributed by atoms with van der Waals surface area (Å²) in [6.07, 6.45) is 8.92. The van der Waals surface area contributed by atoms with Gasteiger partial charge in [-0.3, -0.25) is 4.57 Å². The van der Waals surface area contributed by atoms with Gasteiger partial charge in [0.05, 0.1) is 12.2 Å². The third-order valence-electron chi connectivity index (χ3n) is 7.23. The molecule has 0 amide bonds. The first-order valence-electron chi connectivity index (χ1n) is 11.8. The van der Waals surface area contributed by atoms with Crippen LogP contribution in [0.15, 0.2) is 12.7 Å². The Morgan fingerprint density at radius 2 is 1.34 bits per heavy atom. The Morgan fingerprint density at radius 3 is 1.69 bits per heavy atom. The summed E-state index contributed by atoms with van der Waals surface area (Å²) in [4.78, 5) is -0.449. The molecule has 2 rings (SSSR count). The van der Waals surface area contributed by atoms with E-state index in [0.717, 1.165) is 25.7 Å². The number of thiol groups is 1. The fourth-order valence-electron chi connectivity index (χ4n) is 5.29. The van der Waals surface area contributed by atoms with Crippen molar-refractivity contribution in [3.8, 4) is 0 Å². The van der Waals surface area contributed by atoms with Crippen LogP contribution in [0, 0.1) is 35.5 Å². The van der Waals surface area contributed by atoms with Crippen LogP contribution in [0.3, 0.4) is 0 Å². The molecule has 0 radical (unpaired) electrons. The zero-order chi connectivity index (χ0) is 21.8. The van der Waals surface area contributed by atoms with Crippen LogP contribution in [-0.2, 0) is 13.6 Å². The van der Waals surface area contributed by atoms with Crippen LogP contribution >= 0.6 is 20.2 Å². The molecule has 2 saturated carbocycles. The van der Waals surface area contributed by atoms with Gasteiger partial charge in [0.1, 0.15) is 4.99 Å². The molecule has 0 spiro atoms. The van der Waals surface area contributed by atoms with Crippen molar-refractivity contribution < 1.29 is 13.6 Å². The lowest BCUT2D eigenvalue weighted by atomic mass is 9.75. The van der Waals surface area contributed by atoms with Crippen molar-refractivity contribution in [3.05, 3.63) is 12.7 Å². The highest BCUT2D eigenvalue weighted by atomic mass is 32.1. The van der Waals surface area contributed by atoms with Gasteiger partial charge in [0.15, 0.2) is 0 Å². The third-order valence-corrected chi connectivity index (χ3v) is 10.4. The predicted molar refractivity (Wildman–Crippen MR) is 128 cm³/mol. The summed E-state index contributed by atoms with van der Waals surface area (Å²) in [5.74, 6) is 3.07. The number of allylic oxidation sites excluding steroid dienone is 1. The van der Waals surface area contributed by atoms with Gasteiger partial charge in [-0.15, -0.1) is 6.58 Å². The Kier molecular flexibility index (Phi) is 9.85. The van der Waals surface area contributed by atoms with E-state index in [4.69, 9.17) is 21.7 Å². The summed E-state index contributed by atoms with van der Waals surface area (Å²) in [5, 5.41) is 0. The largest absolute Gasteiger partial charge is 0.344 e. The second kappa shape index (κ2) is 11.2. The van der Waals surface area contributed by atoms with Crippen molar-refractivity contribution in [2.75, 3.05) is 0 Å². The lowest BCUT2D eigenvalue weighted by Gasteiger charge is -2.42. The molecule has 170 valence electrons. The van der Waals surface area contributed by atoms with E-state index in [9.17, 15) is 4.57 Å². The van der Waals surface area contributed by atoms with Crippen molar-refractivity contribution in [1.82, 2.24) is 0 Å². The fraction of sp³-hybridized carbons (Fsp3) is 0.917. The van der Waals surface area contributed by atoms with Crippen molar-refractivity contribution in [2.24, 2.45) is 35.5 Å². The zero-order valence-corrected chi connectivity index (χ0v) is 21.3. The molecule has 3 nitrogen and oxygen atoms in total. The smallest absolute Gasteiger partial charge is 0.304 e. The minimum Gasteiger partial charge on any atom is -0.304 e. The summed E-state index contributed by atoms with van der Waals surface area (Å²) in [6.45, 7) is 17.4. The normalized spacial score (nSPS) is 35.1. The minimum atomic E-state index is -3.38. The van der Waals surface area contributed by atoms with E-state index in [1.54, 1.807) is 6.08 Å². The van der Waals surface area contributed by atoms with Gasteiger partial charge in [0.25, 0.3) is 0 Å². The van der Waals surface area contributed by atoms with E-state index in [1.807, 2.05) is 0 Å². The standard InChI is InChI=1S/C24H45O3PS/c1-8-9-24(29)28(25,26-22-14-18(6)10-12-20(22)16(2)3)27-23-15-19(7)11-13-21(23)17(4)5/h8,16-24,29H,1,9-15H2,2-7H3/t18-,19-,20+,21+,22-,23-,24?/m1/s1. The van der Waals surface area contributed by atoms with Crippen LogP contribution < -0.4 is 0 Å². The highest BCUT2D eigenvalue weighted by Crippen LogP contribution is 2.61. The van der Waals surface area contributed by atoms with Crippen molar-refractivity contribution in [1.29, 1.82) is 0 Å². The molecule has 29 heavy (non-hydrogen) atoms. The van der Waals surface area contributed by atoms with Gasteiger partial charge in [-0.1, -0.05) is 60.5 Å². The summed E-state index contributed by atoms with van der Waals surface area (Å²) in [6, 6.07) is 0. The summed E-state index contributed by atoms with van der Waals surface area (Å²) >= 11 is 4.71. The lowest BCUT2D eigenvalue weighted by molar-refractivity contribution is -0.00402. The first-order valence-corrected chi connectivity index (χ1v) is 14.0. The highest BCUT2D eigenvalue weighted by molar-refractivity contribution is 7.90. The minimum absolute atomic E-state index is 0.0115. The Labute approximate surface area is 185 Å². The fourth-order valence-corrected chi connectivity index (χ4v) is 7.75. The molecule has 5 heteroatoms. The van der Waals surface area contributed by atoms with Gasteiger partial charge in [0.2, 0.25) is 0 Å². The molecule has 0 aromatic rings. The molecule has 2 aliphatic rings. The van der Waals surface area contributed by atoms with Crippen LogP contribution in [0.2, 0.25) is 0 Å². The molecule has 2 fully saturated rings. The number of hydrogen-bond acceptors (Lipinski definition) is 4. The Bertz CT molecular complexity index is 526. The summed E-state index contributed by atoms with van der Waals surface area (Å²) in [5.41, 5.74) is 0. The van der Waals surface area contributed by atoms with Crippen LogP contribution in [0.1, 0.15) is 86.5 Å². The third kappa shape index (κ3) is 6.86. The summed E-state index contributed by atoms with van der Waals surface area (Å²) < 4.78 is 27.2. The molecule has 0 saturated heterocycles. The van der Waals surface area contributed by atoms with E-state index >= 15 is 0 Å². The maximum absolute atomic E-state index is 14.2. The van der Waals surface area contributed by atoms with Gasteiger partial charge in [-0.2, -0.15) is 12.6 Å². The topological polar surface area (TPSA) is 35.5 Å². The number of rotatable bonds is 9. The SMILES string of the molecule is C=CCC(S)P(=O)(O[C@@H]1C[C@H](C)CC[C@H]1C(C)C)O[C@@H]1C[C@H](C)CC[C@H]1C(C)C. The van der Waals surface area contributed by atoms with Crippen LogP contribution in [0.25, 0.3) is 0 Å². The van der Waals surface area contributed by atoms with Crippen LogP contribution in [0.5, 0.6) is 0 Å². The maximum atomic E-state index is 14.2. The second-order valence-electron chi connectivity index (χ2n) is 10.5. The maximum Gasteiger partial charge on any atom is 0.344 e. The molecule has 7 atom stereocenters. The summed E-state index contributed by atoms with van der Waals surface area (Å²) in [7, 11) is -3.38. The Hall–Kier alpha value is 0.240. The van der Waals surface area contributed by atoms with E-state index in [1.165, 1.54) is 12.8 Å². The van der Waals surface area contributed by atoms with Crippen LogP contribution in [0.4, 0.5) is 0 Å². The highest BCUT2D eigenvalue weighted by Gasteiger charge is 2.44. The first-order chi connectivity index (χ1) is 13.6. The molecule has 0 bridgehead atoms. The average Bonchev–Trinajstić information content (AvgIpc) is 2.61. The molecular formula is C24H45O3PS. The molecule has 0 N–H and O–H groups in total. The molecular weight excluding hydrogens is 399 g/mol. The number of hydrogen-bond donors (Lipinski definition) is 1. The van der Waals surface area contributed by atoms with Gasteiger partial charge < -0.3 is 9.05 Å².